The fourth-order valence-electron chi connectivity index (χ4n) is 2.97. The van der Waals surface area contributed by atoms with Gasteiger partial charge in [-0.1, -0.05) is 62.8 Å². The molecule has 3 nitrogen and oxygen atoms in total. The summed E-state index contributed by atoms with van der Waals surface area (Å²) in [6.07, 6.45) is 15.7. The van der Waals surface area contributed by atoms with Gasteiger partial charge in [0, 0.05) is 30.6 Å². The number of hydrogen-bond acceptors (Lipinski definition) is 2. The molecule has 1 heterocycles. The number of rotatable bonds is 13. The maximum atomic E-state index is 6.19. The van der Waals surface area contributed by atoms with Crippen LogP contribution in [0.3, 0.4) is 0 Å². The van der Waals surface area contributed by atoms with Crippen LogP contribution in [0.25, 0.3) is 0 Å². The van der Waals surface area contributed by atoms with Crippen LogP contribution in [0.1, 0.15) is 57.4 Å². The first-order chi connectivity index (χ1) is 12.3. The van der Waals surface area contributed by atoms with Crippen LogP contribution in [0.4, 0.5) is 0 Å². The number of imidazole rings is 1. The molecule has 0 saturated carbocycles. The molecule has 138 valence electrons. The first kappa shape index (κ1) is 20.0. The van der Waals surface area contributed by atoms with E-state index >= 15 is 0 Å². The molecular formula is C21H31ClN2O. The Morgan fingerprint density at radius 3 is 2.56 bits per heavy atom. The molecule has 0 aliphatic heterocycles. The minimum absolute atomic E-state index is 0.223. The Hall–Kier alpha value is -1.32. The number of unbranched alkanes of at least 4 members (excludes halogenated alkanes) is 5. The smallest absolute Gasteiger partial charge is 0.0946 e. The summed E-state index contributed by atoms with van der Waals surface area (Å²) in [7, 11) is 0. The summed E-state index contributed by atoms with van der Waals surface area (Å²) in [6.45, 7) is 3.97. The van der Waals surface area contributed by atoms with E-state index in [1.807, 2.05) is 30.9 Å². The lowest BCUT2D eigenvalue weighted by atomic mass is 10.1. The van der Waals surface area contributed by atoms with Crippen molar-refractivity contribution in [1.29, 1.82) is 0 Å². The van der Waals surface area contributed by atoms with Crippen LogP contribution in [0.15, 0.2) is 43.0 Å². The molecule has 25 heavy (non-hydrogen) atoms. The molecule has 1 aromatic heterocycles. The SMILES string of the molecule is CCCCCCCCOC(CCc1ccc(Cl)cc1)Cn1ccnc1. The van der Waals surface area contributed by atoms with Gasteiger partial charge in [0.05, 0.1) is 12.4 Å². The van der Waals surface area contributed by atoms with Crippen LogP contribution in [-0.4, -0.2) is 22.3 Å². The third-order valence-corrected chi connectivity index (χ3v) is 4.75. The van der Waals surface area contributed by atoms with Gasteiger partial charge in [-0.3, -0.25) is 0 Å². The van der Waals surface area contributed by atoms with E-state index in [2.05, 4.69) is 28.6 Å². The quantitative estimate of drug-likeness (QED) is 0.414. The lowest BCUT2D eigenvalue weighted by Crippen LogP contribution is -2.21. The van der Waals surface area contributed by atoms with Crippen molar-refractivity contribution in [3.8, 4) is 0 Å². The predicted molar refractivity (Wildman–Crippen MR) is 105 cm³/mol. The summed E-state index contributed by atoms with van der Waals surface area (Å²) in [4.78, 5) is 4.13. The summed E-state index contributed by atoms with van der Waals surface area (Å²) < 4.78 is 8.30. The molecule has 0 bridgehead atoms. The highest BCUT2D eigenvalue weighted by Crippen LogP contribution is 2.14. The average Bonchev–Trinajstić information content (AvgIpc) is 3.13. The zero-order chi connectivity index (χ0) is 17.7. The van der Waals surface area contributed by atoms with Crippen molar-refractivity contribution in [2.45, 2.75) is 70.9 Å². The van der Waals surface area contributed by atoms with Gasteiger partial charge in [-0.2, -0.15) is 0 Å². The molecular weight excluding hydrogens is 332 g/mol. The number of aryl methyl sites for hydroxylation is 1. The maximum Gasteiger partial charge on any atom is 0.0946 e. The maximum absolute atomic E-state index is 6.19. The van der Waals surface area contributed by atoms with E-state index in [-0.39, 0.29) is 6.10 Å². The van der Waals surface area contributed by atoms with Crippen LogP contribution in [0, 0.1) is 0 Å². The van der Waals surface area contributed by atoms with E-state index in [0.29, 0.717) is 0 Å². The van der Waals surface area contributed by atoms with Gasteiger partial charge in [-0.15, -0.1) is 0 Å². The summed E-state index contributed by atoms with van der Waals surface area (Å²) in [5.74, 6) is 0. The third-order valence-electron chi connectivity index (χ3n) is 4.49. The molecule has 1 unspecified atom stereocenters. The van der Waals surface area contributed by atoms with E-state index in [0.717, 1.165) is 37.4 Å². The minimum atomic E-state index is 0.223. The molecule has 2 aromatic rings. The van der Waals surface area contributed by atoms with Crippen LogP contribution < -0.4 is 0 Å². The van der Waals surface area contributed by atoms with Crippen molar-refractivity contribution in [3.05, 3.63) is 53.6 Å². The summed E-state index contributed by atoms with van der Waals surface area (Å²) >= 11 is 5.96. The molecule has 0 radical (unpaired) electrons. The van der Waals surface area contributed by atoms with Gasteiger partial charge in [-0.25, -0.2) is 4.98 Å². The van der Waals surface area contributed by atoms with Crippen molar-refractivity contribution in [3.63, 3.8) is 0 Å². The normalized spacial score (nSPS) is 12.4. The molecule has 0 saturated heterocycles. The van der Waals surface area contributed by atoms with Gasteiger partial charge in [-0.05, 0) is 37.0 Å². The molecule has 0 N–H and O–H groups in total. The van der Waals surface area contributed by atoms with Crippen LogP contribution in [0.5, 0.6) is 0 Å². The number of aromatic nitrogens is 2. The second-order valence-corrected chi connectivity index (χ2v) is 7.12. The molecule has 0 aliphatic carbocycles. The Morgan fingerprint density at radius 1 is 1.08 bits per heavy atom. The number of halogens is 1. The van der Waals surface area contributed by atoms with Gasteiger partial charge in [0.15, 0.2) is 0 Å². The van der Waals surface area contributed by atoms with Crippen molar-refractivity contribution in [2.75, 3.05) is 6.61 Å². The lowest BCUT2D eigenvalue weighted by molar-refractivity contribution is 0.0336. The second kappa shape index (κ2) is 12.1. The van der Waals surface area contributed by atoms with Crippen molar-refractivity contribution in [2.24, 2.45) is 0 Å². The number of nitrogens with zero attached hydrogens (tertiary/aromatic N) is 2. The molecule has 1 aromatic carbocycles. The second-order valence-electron chi connectivity index (χ2n) is 6.69. The third kappa shape index (κ3) is 8.55. The summed E-state index contributed by atoms with van der Waals surface area (Å²) in [5, 5.41) is 0.790. The average molecular weight is 363 g/mol. The lowest BCUT2D eigenvalue weighted by Gasteiger charge is -2.19. The number of benzene rings is 1. The molecule has 2 rings (SSSR count). The van der Waals surface area contributed by atoms with Gasteiger partial charge >= 0.3 is 0 Å². The molecule has 0 amide bonds. The Kier molecular flexibility index (Phi) is 9.68. The molecule has 1 atom stereocenters. The Morgan fingerprint density at radius 2 is 1.84 bits per heavy atom. The number of hydrogen-bond donors (Lipinski definition) is 0. The molecule has 0 spiro atoms. The Bertz CT molecular complexity index is 554. The van der Waals surface area contributed by atoms with Crippen LogP contribution >= 0.6 is 11.6 Å². The fourth-order valence-corrected chi connectivity index (χ4v) is 3.09. The minimum Gasteiger partial charge on any atom is -0.376 e. The van der Waals surface area contributed by atoms with E-state index in [1.54, 1.807) is 0 Å². The topological polar surface area (TPSA) is 27.1 Å². The van der Waals surface area contributed by atoms with E-state index in [9.17, 15) is 0 Å². The van der Waals surface area contributed by atoms with E-state index < -0.39 is 0 Å². The largest absolute Gasteiger partial charge is 0.376 e. The van der Waals surface area contributed by atoms with Gasteiger partial charge in [0.1, 0.15) is 0 Å². The van der Waals surface area contributed by atoms with Crippen molar-refractivity contribution >= 4 is 11.6 Å². The first-order valence-electron chi connectivity index (χ1n) is 9.59. The Balaban J connectivity index is 1.73. The van der Waals surface area contributed by atoms with Crippen molar-refractivity contribution in [1.82, 2.24) is 9.55 Å². The zero-order valence-corrected chi connectivity index (χ0v) is 16.1. The fraction of sp³-hybridized carbons (Fsp3) is 0.571. The zero-order valence-electron chi connectivity index (χ0n) is 15.4. The highest BCUT2D eigenvalue weighted by molar-refractivity contribution is 6.30. The van der Waals surface area contributed by atoms with Crippen LogP contribution in [0.2, 0.25) is 5.02 Å². The molecule has 0 aliphatic rings. The van der Waals surface area contributed by atoms with Crippen molar-refractivity contribution < 1.29 is 4.74 Å². The highest BCUT2D eigenvalue weighted by atomic mass is 35.5. The highest BCUT2D eigenvalue weighted by Gasteiger charge is 2.10. The van der Waals surface area contributed by atoms with E-state index in [1.165, 1.54) is 37.7 Å². The summed E-state index contributed by atoms with van der Waals surface area (Å²) in [5.41, 5.74) is 1.31. The van der Waals surface area contributed by atoms with Crippen LogP contribution in [-0.2, 0) is 17.7 Å². The summed E-state index contributed by atoms with van der Waals surface area (Å²) in [6, 6.07) is 8.12. The first-order valence-corrected chi connectivity index (χ1v) is 9.97. The Labute approximate surface area is 157 Å². The number of ether oxygens (including phenoxy) is 1. The standard InChI is InChI=1S/C21H31ClN2O/c1-2-3-4-5-6-7-16-25-21(17-24-15-14-23-18-24)13-10-19-8-11-20(22)12-9-19/h8-9,11-12,14-15,18,21H,2-7,10,13,16-17H2,1H3. The van der Waals surface area contributed by atoms with Gasteiger partial charge in [0.2, 0.25) is 0 Å². The van der Waals surface area contributed by atoms with E-state index in [4.69, 9.17) is 16.3 Å². The predicted octanol–water partition coefficient (Wildman–Crippen LogP) is 5.92. The molecule has 0 fully saturated rings. The van der Waals surface area contributed by atoms with Gasteiger partial charge in [0.25, 0.3) is 0 Å². The molecule has 4 heteroatoms. The monoisotopic (exact) mass is 362 g/mol. The van der Waals surface area contributed by atoms with Gasteiger partial charge < -0.3 is 9.30 Å².